The van der Waals surface area contributed by atoms with E-state index >= 15 is 0 Å². The van der Waals surface area contributed by atoms with Gasteiger partial charge in [0.15, 0.2) is 0 Å². The predicted molar refractivity (Wildman–Crippen MR) is 56.6 cm³/mol. The van der Waals surface area contributed by atoms with Crippen LogP contribution < -0.4 is 0 Å². The zero-order valence-corrected chi connectivity index (χ0v) is 9.09. The SMILES string of the molecule is CC=C(C)C(C)C1CCCCC1O. The topological polar surface area (TPSA) is 20.2 Å². The minimum absolute atomic E-state index is 0.0568. The highest BCUT2D eigenvalue weighted by Gasteiger charge is 2.28. The Balaban J connectivity index is 2.58. The summed E-state index contributed by atoms with van der Waals surface area (Å²) in [6.07, 6.45) is 6.83. The smallest absolute Gasteiger partial charge is 0.0574 e. The van der Waals surface area contributed by atoms with Gasteiger partial charge in [0.25, 0.3) is 0 Å². The zero-order valence-electron chi connectivity index (χ0n) is 9.09. The van der Waals surface area contributed by atoms with E-state index in [1.165, 1.54) is 24.8 Å². The molecule has 1 N–H and O–H groups in total. The fourth-order valence-corrected chi connectivity index (χ4v) is 2.32. The van der Waals surface area contributed by atoms with E-state index in [2.05, 4.69) is 26.8 Å². The first kappa shape index (κ1) is 10.8. The highest BCUT2D eigenvalue weighted by Crippen LogP contribution is 2.33. The van der Waals surface area contributed by atoms with Crippen molar-refractivity contribution in [1.82, 2.24) is 0 Å². The molecule has 0 aliphatic heterocycles. The quantitative estimate of drug-likeness (QED) is 0.650. The van der Waals surface area contributed by atoms with Gasteiger partial charge in [-0.2, -0.15) is 0 Å². The average molecular weight is 182 g/mol. The third kappa shape index (κ3) is 2.57. The van der Waals surface area contributed by atoms with Crippen LogP contribution in [0.15, 0.2) is 11.6 Å². The van der Waals surface area contributed by atoms with Gasteiger partial charge in [0.2, 0.25) is 0 Å². The van der Waals surface area contributed by atoms with Gasteiger partial charge < -0.3 is 5.11 Å². The molecule has 0 aromatic rings. The molecule has 1 nitrogen and oxygen atoms in total. The highest BCUT2D eigenvalue weighted by atomic mass is 16.3. The van der Waals surface area contributed by atoms with Crippen LogP contribution in [-0.2, 0) is 0 Å². The van der Waals surface area contributed by atoms with Gasteiger partial charge in [-0.15, -0.1) is 0 Å². The normalized spacial score (nSPS) is 33.1. The van der Waals surface area contributed by atoms with Gasteiger partial charge in [0.05, 0.1) is 6.10 Å². The summed E-state index contributed by atoms with van der Waals surface area (Å²) >= 11 is 0. The van der Waals surface area contributed by atoms with Gasteiger partial charge in [-0.1, -0.05) is 31.4 Å². The van der Waals surface area contributed by atoms with Gasteiger partial charge in [0.1, 0.15) is 0 Å². The lowest BCUT2D eigenvalue weighted by Gasteiger charge is -2.33. The summed E-state index contributed by atoms with van der Waals surface area (Å²) in [5, 5.41) is 9.86. The minimum atomic E-state index is -0.0568. The van der Waals surface area contributed by atoms with Crippen LogP contribution in [0, 0.1) is 11.8 Å². The number of hydrogen-bond acceptors (Lipinski definition) is 1. The van der Waals surface area contributed by atoms with Crippen LogP contribution in [0.5, 0.6) is 0 Å². The van der Waals surface area contributed by atoms with Crippen LogP contribution in [0.3, 0.4) is 0 Å². The summed E-state index contributed by atoms with van der Waals surface area (Å²) < 4.78 is 0. The maximum absolute atomic E-state index is 9.86. The van der Waals surface area contributed by atoms with Crippen LogP contribution in [0.2, 0.25) is 0 Å². The van der Waals surface area contributed by atoms with Crippen molar-refractivity contribution >= 4 is 0 Å². The Morgan fingerprint density at radius 2 is 2.00 bits per heavy atom. The summed E-state index contributed by atoms with van der Waals surface area (Å²) in [5.41, 5.74) is 1.42. The van der Waals surface area contributed by atoms with Crippen LogP contribution in [0.25, 0.3) is 0 Å². The molecule has 1 aliphatic carbocycles. The number of aliphatic hydroxyl groups is 1. The van der Waals surface area contributed by atoms with Crippen molar-refractivity contribution in [1.29, 1.82) is 0 Å². The Kier molecular flexibility index (Phi) is 3.98. The zero-order chi connectivity index (χ0) is 9.84. The predicted octanol–water partition coefficient (Wildman–Crippen LogP) is 3.14. The van der Waals surface area contributed by atoms with Crippen molar-refractivity contribution in [3.05, 3.63) is 11.6 Å². The molecule has 1 heteroatoms. The molecule has 0 saturated heterocycles. The third-order valence-corrected chi connectivity index (χ3v) is 3.60. The molecule has 0 aromatic heterocycles. The second-order valence-corrected chi connectivity index (χ2v) is 4.34. The van der Waals surface area contributed by atoms with Crippen LogP contribution >= 0.6 is 0 Å². The van der Waals surface area contributed by atoms with Crippen molar-refractivity contribution in [3.8, 4) is 0 Å². The lowest BCUT2D eigenvalue weighted by atomic mass is 9.76. The summed E-state index contributed by atoms with van der Waals surface area (Å²) in [6.45, 7) is 6.50. The van der Waals surface area contributed by atoms with Crippen molar-refractivity contribution in [3.63, 3.8) is 0 Å². The minimum Gasteiger partial charge on any atom is -0.393 e. The molecule has 3 atom stereocenters. The Morgan fingerprint density at radius 1 is 1.38 bits per heavy atom. The average Bonchev–Trinajstić information content (AvgIpc) is 2.16. The summed E-state index contributed by atoms with van der Waals surface area (Å²) in [5.74, 6) is 1.06. The molecule has 0 bridgehead atoms. The summed E-state index contributed by atoms with van der Waals surface area (Å²) in [4.78, 5) is 0. The lowest BCUT2D eigenvalue weighted by Crippen LogP contribution is -2.30. The van der Waals surface area contributed by atoms with Gasteiger partial charge >= 0.3 is 0 Å². The maximum Gasteiger partial charge on any atom is 0.0574 e. The Hall–Kier alpha value is -0.300. The van der Waals surface area contributed by atoms with Crippen molar-refractivity contribution in [2.75, 3.05) is 0 Å². The van der Waals surface area contributed by atoms with Gasteiger partial charge in [-0.25, -0.2) is 0 Å². The molecule has 0 spiro atoms. The van der Waals surface area contributed by atoms with Crippen LogP contribution in [-0.4, -0.2) is 11.2 Å². The summed E-state index contributed by atoms with van der Waals surface area (Å²) in [7, 11) is 0. The standard InChI is InChI=1S/C12H22O/c1-4-9(2)10(3)11-7-5-6-8-12(11)13/h4,10-13H,5-8H2,1-3H3. The van der Waals surface area contributed by atoms with Gasteiger partial charge in [-0.05, 0) is 38.5 Å². The fraction of sp³-hybridized carbons (Fsp3) is 0.833. The number of aliphatic hydroxyl groups excluding tert-OH is 1. The number of allylic oxidation sites excluding steroid dienone is 2. The van der Waals surface area contributed by atoms with Gasteiger partial charge in [0, 0.05) is 0 Å². The third-order valence-electron chi connectivity index (χ3n) is 3.60. The molecule has 1 rings (SSSR count). The van der Waals surface area contributed by atoms with E-state index in [0.717, 1.165) is 6.42 Å². The molecule has 0 heterocycles. The largest absolute Gasteiger partial charge is 0.393 e. The second kappa shape index (κ2) is 4.80. The van der Waals surface area contributed by atoms with E-state index in [1.807, 2.05) is 0 Å². The molecule has 76 valence electrons. The van der Waals surface area contributed by atoms with Crippen LogP contribution in [0.1, 0.15) is 46.5 Å². The van der Waals surface area contributed by atoms with E-state index < -0.39 is 0 Å². The molecule has 1 saturated carbocycles. The van der Waals surface area contributed by atoms with Crippen LogP contribution in [0.4, 0.5) is 0 Å². The summed E-state index contributed by atoms with van der Waals surface area (Å²) in [6, 6.07) is 0. The first-order chi connectivity index (χ1) is 6.16. The van der Waals surface area contributed by atoms with E-state index in [-0.39, 0.29) is 6.10 Å². The first-order valence-corrected chi connectivity index (χ1v) is 5.47. The number of hydrogen-bond donors (Lipinski definition) is 1. The molecule has 0 aromatic carbocycles. The van der Waals surface area contributed by atoms with E-state index in [4.69, 9.17) is 0 Å². The molecule has 0 amide bonds. The second-order valence-electron chi connectivity index (χ2n) is 4.34. The van der Waals surface area contributed by atoms with E-state index in [0.29, 0.717) is 11.8 Å². The molecule has 1 fully saturated rings. The number of rotatable bonds is 2. The molecule has 0 radical (unpaired) electrons. The first-order valence-electron chi connectivity index (χ1n) is 5.47. The molecule has 1 aliphatic rings. The molecular weight excluding hydrogens is 160 g/mol. The Labute approximate surface area is 81.9 Å². The van der Waals surface area contributed by atoms with Crippen molar-refractivity contribution in [2.45, 2.75) is 52.6 Å². The van der Waals surface area contributed by atoms with E-state index in [9.17, 15) is 5.11 Å². The van der Waals surface area contributed by atoms with Crippen molar-refractivity contribution in [2.24, 2.45) is 11.8 Å². The van der Waals surface area contributed by atoms with Crippen molar-refractivity contribution < 1.29 is 5.11 Å². The highest BCUT2D eigenvalue weighted by molar-refractivity contribution is 5.03. The molecule has 13 heavy (non-hydrogen) atoms. The molecular formula is C12H22O. The van der Waals surface area contributed by atoms with E-state index in [1.54, 1.807) is 0 Å². The maximum atomic E-state index is 9.86. The molecule has 3 unspecified atom stereocenters. The lowest BCUT2D eigenvalue weighted by molar-refractivity contribution is 0.0493. The monoisotopic (exact) mass is 182 g/mol. The Morgan fingerprint density at radius 3 is 2.54 bits per heavy atom. The fourth-order valence-electron chi connectivity index (χ4n) is 2.32. The van der Waals surface area contributed by atoms with Gasteiger partial charge in [-0.3, -0.25) is 0 Å². The Bertz CT molecular complexity index is 184.